The Morgan fingerprint density at radius 1 is 1.44 bits per heavy atom. The first kappa shape index (κ1) is 13.4. The van der Waals surface area contributed by atoms with Gasteiger partial charge in [-0.05, 0) is 37.4 Å². The van der Waals surface area contributed by atoms with Crippen molar-refractivity contribution in [3.05, 3.63) is 34.9 Å². The maximum Gasteiger partial charge on any atom is 0.303 e. The predicted molar refractivity (Wildman–Crippen MR) is 71.8 cm³/mol. The standard InChI is InChI=1S/C14H18ClNO2/c15-13-6-2-1-4-11(13)10-16-9-3-5-12(16)7-8-14(17)18/h1-2,4,6,12H,3,5,7-10H2,(H,17,18). The van der Waals surface area contributed by atoms with Crippen LogP contribution in [-0.4, -0.2) is 28.6 Å². The average Bonchev–Trinajstić information content (AvgIpc) is 2.77. The maximum absolute atomic E-state index is 10.6. The molecule has 1 saturated heterocycles. The number of halogens is 1. The Balaban J connectivity index is 1.95. The van der Waals surface area contributed by atoms with Crippen LogP contribution in [0.3, 0.4) is 0 Å². The number of rotatable bonds is 5. The highest BCUT2D eigenvalue weighted by molar-refractivity contribution is 6.31. The summed E-state index contributed by atoms with van der Waals surface area (Å²) in [5.41, 5.74) is 1.13. The molecule has 1 aromatic carbocycles. The van der Waals surface area contributed by atoms with E-state index in [-0.39, 0.29) is 6.42 Å². The molecular weight excluding hydrogens is 250 g/mol. The van der Waals surface area contributed by atoms with Gasteiger partial charge in [0.05, 0.1) is 0 Å². The van der Waals surface area contributed by atoms with E-state index in [0.29, 0.717) is 6.04 Å². The summed E-state index contributed by atoms with van der Waals surface area (Å²) in [7, 11) is 0. The molecule has 1 aliphatic rings. The van der Waals surface area contributed by atoms with E-state index in [9.17, 15) is 4.79 Å². The van der Waals surface area contributed by atoms with E-state index in [1.807, 2.05) is 24.3 Å². The summed E-state index contributed by atoms with van der Waals surface area (Å²) < 4.78 is 0. The van der Waals surface area contributed by atoms with E-state index in [4.69, 9.17) is 16.7 Å². The first-order chi connectivity index (χ1) is 8.66. The highest BCUT2D eigenvalue weighted by Crippen LogP contribution is 2.25. The molecule has 1 aromatic rings. The van der Waals surface area contributed by atoms with Crippen LogP contribution in [0.1, 0.15) is 31.2 Å². The zero-order chi connectivity index (χ0) is 13.0. The fourth-order valence-corrected chi connectivity index (χ4v) is 2.76. The summed E-state index contributed by atoms with van der Waals surface area (Å²) in [6.07, 6.45) is 3.23. The van der Waals surface area contributed by atoms with Crippen LogP contribution in [0.15, 0.2) is 24.3 Å². The lowest BCUT2D eigenvalue weighted by Gasteiger charge is -2.24. The highest BCUT2D eigenvalue weighted by atomic mass is 35.5. The number of carbonyl (C=O) groups is 1. The molecule has 1 N–H and O–H groups in total. The third-order valence-electron chi connectivity index (χ3n) is 3.52. The molecule has 0 spiro atoms. The lowest BCUT2D eigenvalue weighted by atomic mass is 10.1. The van der Waals surface area contributed by atoms with Crippen LogP contribution in [0.2, 0.25) is 5.02 Å². The van der Waals surface area contributed by atoms with Gasteiger partial charge in [0, 0.05) is 24.0 Å². The first-order valence-electron chi connectivity index (χ1n) is 6.36. The number of carboxylic acid groups (broad SMARTS) is 1. The van der Waals surface area contributed by atoms with Gasteiger partial charge in [-0.1, -0.05) is 29.8 Å². The third-order valence-corrected chi connectivity index (χ3v) is 3.89. The zero-order valence-corrected chi connectivity index (χ0v) is 11.1. The van der Waals surface area contributed by atoms with Crippen LogP contribution in [0.25, 0.3) is 0 Å². The minimum Gasteiger partial charge on any atom is -0.481 e. The largest absolute Gasteiger partial charge is 0.481 e. The van der Waals surface area contributed by atoms with Crippen molar-refractivity contribution in [2.75, 3.05) is 6.54 Å². The smallest absolute Gasteiger partial charge is 0.303 e. The number of hydrogen-bond donors (Lipinski definition) is 1. The summed E-state index contributed by atoms with van der Waals surface area (Å²) in [6.45, 7) is 1.86. The molecule has 1 aliphatic heterocycles. The monoisotopic (exact) mass is 267 g/mol. The molecule has 0 aliphatic carbocycles. The van der Waals surface area contributed by atoms with Gasteiger partial charge < -0.3 is 5.11 Å². The average molecular weight is 268 g/mol. The quantitative estimate of drug-likeness (QED) is 0.891. The molecule has 1 fully saturated rings. The van der Waals surface area contributed by atoms with Crippen molar-refractivity contribution in [1.82, 2.24) is 4.90 Å². The number of nitrogens with zero attached hydrogens (tertiary/aromatic N) is 1. The van der Waals surface area contributed by atoms with Gasteiger partial charge in [-0.25, -0.2) is 0 Å². The summed E-state index contributed by atoms with van der Waals surface area (Å²) >= 11 is 6.16. The van der Waals surface area contributed by atoms with Gasteiger partial charge in [0.25, 0.3) is 0 Å². The van der Waals surface area contributed by atoms with Gasteiger partial charge in [0.2, 0.25) is 0 Å². The Kier molecular flexibility index (Phi) is 4.61. The maximum atomic E-state index is 10.6. The summed E-state index contributed by atoms with van der Waals surface area (Å²) in [5.74, 6) is -0.709. The second-order valence-electron chi connectivity index (χ2n) is 4.79. The van der Waals surface area contributed by atoms with Gasteiger partial charge in [-0.15, -0.1) is 0 Å². The van der Waals surface area contributed by atoms with Crippen molar-refractivity contribution in [1.29, 1.82) is 0 Å². The molecule has 1 unspecified atom stereocenters. The van der Waals surface area contributed by atoms with Gasteiger partial charge in [-0.2, -0.15) is 0 Å². The van der Waals surface area contributed by atoms with E-state index in [1.54, 1.807) is 0 Å². The van der Waals surface area contributed by atoms with Crippen LogP contribution in [0, 0.1) is 0 Å². The minimum absolute atomic E-state index is 0.254. The topological polar surface area (TPSA) is 40.5 Å². The molecule has 2 rings (SSSR count). The predicted octanol–water partition coefficient (Wildman–Crippen LogP) is 3.17. The van der Waals surface area contributed by atoms with Crippen LogP contribution in [0.4, 0.5) is 0 Å². The Bertz CT molecular complexity index is 422. The van der Waals surface area contributed by atoms with Crippen LogP contribution in [-0.2, 0) is 11.3 Å². The van der Waals surface area contributed by atoms with E-state index >= 15 is 0 Å². The molecule has 4 heteroatoms. The van der Waals surface area contributed by atoms with Crippen molar-refractivity contribution < 1.29 is 9.90 Å². The van der Waals surface area contributed by atoms with Gasteiger partial charge in [0.15, 0.2) is 0 Å². The fraction of sp³-hybridized carbons (Fsp3) is 0.500. The Labute approximate surface area is 112 Å². The number of aliphatic carboxylic acids is 1. The third kappa shape index (κ3) is 3.47. The molecule has 0 saturated carbocycles. The second kappa shape index (κ2) is 6.21. The molecular formula is C14H18ClNO2. The molecule has 98 valence electrons. The normalized spacial score (nSPS) is 20.2. The number of benzene rings is 1. The molecule has 0 radical (unpaired) electrons. The van der Waals surface area contributed by atoms with E-state index in [1.165, 1.54) is 0 Å². The molecule has 0 bridgehead atoms. The van der Waals surface area contributed by atoms with Crippen molar-refractivity contribution >= 4 is 17.6 Å². The molecule has 1 atom stereocenters. The second-order valence-corrected chi connectivity index (χ2v) is 5.20. The van der Waals surface area contributed by atoms with Gasteiger partial charge in [-0.3, -0.25) is 9.69 Å². The van der Waals surface area contributed by atoms with Crippen LogP contribution >= 0.6 is 11.6 Å². The van der Waals surface area contributed by atoms with Crippen molar-refractivity contribution in [3.8, 4) is 0 Å². The van der Waals surface area contributed by atoms with Crippen molar-refractivity contribution in [3.63, 3.8) is 0 Å². The number of hydrogen-bond acceptors (Lipinski definition) is 2. The van der Waals surface area contributed by atoms with Crippen LogP contribution < -0.4 is 0 Å². The Morgan fingerprint density at radius 3 is 2.94 bits per heavy atom. The minimum atomic E-state index is -0.709. The summed E-state index contributed by atoms with van der Waals surface area (Å²) in [5, 5.41) is 9.55. The Hall–Kier alpha value is -1.06. The van der Waals surface area contributed by atoms with Gasteiger partial charge in [0.1, 0.15) is 0 Å². The highest BCUT2D eigenvalue weighted by Gasteiger charge is 2.25. The van der Waals surface area contributed by atoms with E-state index in [2.05, 4.69) is 4.90 Å². The lowest BCUT2D eigenvalue weighted by molar-refractivity contribution is -0.137. The zero-order valence-electron chi connectivity index (χ0n) is 10.3. The number of likely N-dealkylation sites (tertiary alicyclic amines) is 1. The lowest BCUT2D eigenvalue weighted by Crippen LogP contribution is -2.29. The fourth-order valence-electron chi connectivity index (χ4n) is 2.57. The van der Waals surface area contributed by atoms with E-state index in [0.717, 1.165) is 42.9 Å². The summed E-state index contributed by atoms with van der Waals surface area (Å²) in [6, 6.07) is 8.24. The first-order valence-corrected chi connectivity index (χ1v) is 6.74. The van der Waals surface area contributed by atoms with Gasteiger partial charge >= 0.3 is 5.97 Å². The summed E-state index contributed by atoms with van der Waals surface area (Å²) in [4.78, 5) is 13.0. The molecule has 0 aromatic heterocycles. The van der Waals surface area contributed by atoms with Crippen LogP contribution in [0.5, 0.6) is 0 Å². The number of carboxylic acids is 1. The molecule has 0 amide bonds. The SMILES string of the molecule is O=C(O)CCC1CCCN1Cc1ccccc1Cl. The van der Waals surface area contributed by atoms with Crippen molar-refractivity contribution in [2.45, 2.75) is 38.3 Å². The van der Waals surface area contributed by atoms with Crippen molar-refractivity contribution in [2.24, 2.45) is 0 Å². The Morgan fingerprint density at radius 2 is 2.22 bits per heavy atom. The molecule has 18 heavy (non-hydrogen) atoms. The van der Waals surface area contributed by atoms with E-state index < -0.39 is 5.97 Å². The molecule has 1 heterocycles. The molecule has 3 nitrogen and oxygen atoms in total.